The summed E-state index contributed by atoms with van der Waals surface area (Å²) < 4.78 is 28.6. The Balaban J connectivity index is 1.78. The van der Waals surface area contributed by atoms with E-state index in [1.54, 1.807) is 0 Å². The minimum atomic E-state index is -2.42. The molecular formula is C11H19F2N5O. The number of nitrogens with zero attached hydrogens (tertiary/aromatic N) is 3. The molecule has 2 N–H and O–H groups in total. The molecule has 6 nitrogen and oxygen atoms in total. The molecule has 1 fully saturated rings. The molecule has 0 bridgehead atoms. The lowest BCUT2D eigenvalue weighted by Gasteiger charge is -2.30. The minimum Gasteiger partial charge on any atom is -0.375 e. The van der Waals surface area contributed by atoms with Crippen LogP contribution in [-0.2, 0) is 11.2 Å². The van der Waals surface area contributed by atoms with E-state index in [-0.39, 0.29) is 6.61 Å². The summed E-state index contributed by atoms with van der Waals surface area (Å²) in [4.78, 5) is 6.45. The van der Waals surface area contributed by atoms with Crippen molar-refractivity contribution in [1.29, 1.82) is 0 Å². The molecular weight excluding hydrogens is 256 g/mol. The normalized spacial score (nSPS) is 20.2. The van der Waals surface area contributed by atoms with Gasteiger partial charge in [0.1, 0.15) is 12.4 Å². The SMILES string of the molecule is CC1CN(c2n[nH]c(CCOCC(F)F)n2)CCN1. The molecule has 1 saturated heterocycles. The smallest absolute Gasteiger partial charge is 0.261 e. The van der Waals surface area contributed by atoms with Crippen LogP contribution in [0.1, 0.15) is 12.7 Å². The van der Waals surface area contributed by atoms with Crippen LogP contribution >= 0.6 is 0 Å². The van der Waals surface area contributed by atoms with Gasteiger partial charge in [-0.25, -0.2) is 8.78 Å². The van der Waals surface area contributed by atoms with E-state index in [2.05, 4.69) is 32.3 Å². The van der Waals surface area contributed by atoms with Crippen LogP contribution in [0.4, 0.5) is 14.7 Å². The lowest BCUT2D eigenvalue weighted by atomic mass is 10.2. The zero-order valence-electron chi connectivity index (χ0n) is 10.9. The van der Waals surface area contributed by atoms with Gasteiger partial charge in [0, 0.05) is 32.1 Å². The number of aromatic amines is 1. The molecule has 0 aliphatic carbocycles. The first-order valence-corrected chi connectivity index (χ1v) is 6.40. The van der Waals surface area contributed by atoms with Crippen molar-refractivity contribution in [2.75, 3.05) is 37.7 Å². The number of aromatic nitrogens is 3. The molecule has 0 radical (unpaired) electrons. The topological polar surface area (TPSA) is 66.1 Å². The van der Waals surface area contributed by atoms with E-state index >= 15 is 0 Å². The van der Waals surface area contributed by atoms with Gasteiger partial charge in [-0.1, -0.05) is 0 Å². The Morgan fingerprint density at radius 2 is 2.37 bits per heavy atom. The predicted octanol–water partition coefficient (Wildman–Crippen LogP) is 0.427. The third-order valence-electron chi connectivity index (χ3n) is 2.90. The van der Waals surface area contributed by atoms with Gasteiger partial charge in [0.05, 0.1) is 6.61 Å². The van der Waals surface area contributed by atoms with E-state index in [1.807, 2.05) is 0 Å². The van der Waals surface area contributed by atoms with Gasteiger partial charge in [-0.2, -0.15) is 4.98 Å². The molecule has 1 aromatic rings. The summed E-state index contributed by atoms with van der Waals surface area (Å²) in [6, 6.07) is 0.407. The standard InChI is InChI=1S/C11H19F2N5O/c1-8-6-18(4-3-14-8)11-15-10(16-17-11)2-5-19-7-9(12)13/h8-9,14H,2-7H2,1H3,(H,15,16,17). The molecule has 1 atom stereocenters. The Bertz CT molecular complexity index is 387. The maximum absolute atomic E-state index is 11.9. The highest BCUT2D eigenvalue weighted by Gasteiger charge is 2.19. The van der Waals surface area contributed by atoms with Crippen LogP contribution in [0.25, 0.3) is 0 Å². The summed E-state index contributed by atoms with van der Waals surface area (Å²) in [6.45, 7) is 4.43. The first kappa shape index (κ1) is 14.1. The van der Waals surface area contributed by atoms with Gasteiger partial charge in [-0.05, 0) is 6.92 Å². The average Bonchev–Trinajstić information content (AvgIpc) is 2.83. The van der Waals surface area contributed by atoms with Crippen molar-refractivity contribution in [1.82, 2.24) is 20.5 Å². The number of halogens is 2. The van der Waals surface area contributed by atoms with Gasteiger partial charge < -0.3 is 15.0 Å². The first-order chi connectivity index (χ1) is 9.15. The minimum absolute atomic E-state index is 0.219. The van der Waals surface area contributed by atoms with Crippen molar-refractivity contribution in [2.45, 2.75) is 25.8 Å². The van der Waals surface area contributed by atoms with E-state index in [9.17, 15) is 8.78 Å². The molecule has 108 valence electrons. The molecule has 1 aromatic heterocycles. The quantitative estimate of drug-likeness (QED) is 0.737. The van der Waals surface area contributed by atoms with Crippen molar-refractivity contribution < 1.29 is 13.5 Å². The Morgan fingerprint density at radius 3 is 3.11 bits per heavy atom. The summed E-state index contributed by atoms with van der Waals surface area (Å²) in [5, 5.41) is 10.3. The second kappa shape index (κ2) is 6.76. The van der Waals surface area contributed by atoms with Gasteiger partial charge in [0.25, 0.3) is 6.43 Å². The average molecular weight is 275 g/mol. The van der Waals surface area contributed by atoms with Crippen LogP contribution in [-0.4, -0.2) is 60.5 Å². The van der Waals surface area contributed by atoms with Crippen molar-refractivity contribution in [3.63, 3.8) is 0 Å². The zero-order chi connectivity index (χ0) is 13.7. The molecule has 8 heteroatoms. The van der Waals surface area contributed by atoms with Crippen molar-refractivity contribution in [2.24, 2.45) is 0 Å². The van der Waals surface area contributed by atoms with Crippen LogP contribution in [0.2, 0.25) is 0 Å². The zero-order valence-corrected chi connectivity index (χ0v) is 10.9. The lowest BCUT2D eigenvalue weighted by molar-refractivity contribution is 0.0183. The summed E-state index contributed by atoms with van der Waals surface area (Å²) >= 11 is 0. The van der Waals surface area contributed by atoms with Crippen molar-refractivity contribution in [3.8, 4) is 0 Å². The maximum atomic E-state index is 11.9. The van der Waals surface area contributed by atoms with Gasteiger partial charge >= 0.3 is 0 Å². The molecule has 2 heterocycles. The van der Waals surface area contributed by atoms with Crippen LogP contribution in [0.3, 0.4) is 0 Å². The van der Waals surface area contributed by atoms with Crippen LogP contribution < -0.4 is 10.2 Å². The van der Waals surface area contributed by atoms with E-state index in [1.165, 1.54) is 0 Å². The summed E-state index contributed by atoms with van der Waals surface area (Å²) in [5.74, 6) is 1.33. The van der Waals surface area contributed by atoms with Crippen LogP contribution in [0.15, 0.2) is 0 Å². The molecule has 19 heavy (non-hydrogen) atoms. The fourth-order valence-corrected chi connectivity index (χ4v) is 1.99. The number of piperazine rings is 1. The van der Waals surface area contributed by atoms with E-state index in [4.69, 9.17) is 4.74 Å². The molecule has 0 spiro atoms. The lowest BCUT2D eigenvalue weighted by Crippen LogP contribution is -2.49. The molecule has 1 unspecified atom stereocenters. The third-order valence-corrected chi connectivity index (χ3v) is 2.90. The van der Waals surface area contributed by atoms with Gasteiger partial charge in [0.15, 0.2) is 0 Å². The third kappa shape index (κ3) is 4.39. The second-order valence-corrected chi connectivity index (χ2v) is 4.60. The summed E-state index contributed by atoms with van der Waals surface area (Å²) in [6.07, 6.45) is -1.96. The van der Waals surface area contributed by atoms with E-state index < -0.39 is 13.0 Å². The highest BCUT2D eigenvalue weighted by atomic mass is 19.3. The number of ether oxygens (including phenoxy) is 1. The van der Waals surface area contributed by atoms with Crippen molar-refractivity contribution in [3.05, 3.63) is 5.82 Å². The highest BCUT2D eigenvalue weighted by Crippen LogP contribution is 2.10. The van der Waals surface area contributed by atoms with E-state index in [0.29, 0.717) is 24.2 Å². The number of alkyl halides is 2. The van der Waals surface area contributed by atoms with Crippen LogP contribution in [0.5, 0.6) is 0 Å². The number of hydrogen-bond donors (Lipinski definition) is 2. The Hall–Kier alpha value is -1.28. The number of rotatable bonds is 6. The predicted molar refractivity (Wildman–Crippen MR) is 66.6 cm³/mol. The highest BCUT2D eigenvalue weighted by molar-refractivity contribution is 5.30. The maximum Gasteiger partial charge on any atom is 0.261 e. The van der Waals surface area contributed by atoms with Gasteiger partial charge in [-0.3, -0.25) is 5.10 Å². The number of H-pyrrole nitrogens is 1. The van der Waals surface area contributed by atoms with E-state index in [0.717, 1.165) is 19.6 Å². The Morgan fingerprint density at radius 1 is 1.53 bits per heavy atom. The molecule has 1 aliphatic heterocycles. The first-order valence-electron chi connectivity index (χ1n) is 6.40. The molecule has 0 saturated carbocycles. The van der Waals surface area contributed by atoms with Crippen LogP contribution in [0, 0.1) is 0 Å². The molecule has 0 aromatic carbocycles. The molecule has 0 amide bonds. The van der Waals surface area contributed by atoms with Gasteiger partial charge in [0.2, 0.25) is 5.95 Å². The number of anilines is 1. The summed E-state index contributed by atoms with van der Waals surface area (Å²) in [5.41, 5.74) is 0. The Labute approximate surface area is 110 Å². The number of nitrogens with one attached hydrogen (secondary N) is 2. The largest absolute Gasteiger partial charge is 0.375 e. The molecule has 2 rings (SSSR count). The van der Waals surface area contributed by atoms with Gasteiger partial charge in [-0.15, -0.1) is 5.10 Å². The summed E-state index contributed by atoms with van der Waals surface area (Å²) in [7, 11) is 0. The fourth-order valence-electron chi connectivity index (χ4n) is 1.99. The Kier molecular flexibility index (Phi) is 5.03. The van der Waals surface area contributed by atoms with Crippen molar-refractivity contribution >= 4 is 5.95 Å². The monoisotopic (exact) mass is 275 g/mol. The molecule has 1 aliphatic rings. The fraction of sp³-hybridized carbons (Fsp3) is 0.818. The number of hydrogen-bond acceptors (Lipinski definition) is 5. The second-order valence-electron chi connectivity index (χ2n) is 4.60.